The number of benzene rings is 2. The number of anilines is 1. The number of piperidine rings is 1. The van der Waals surface area contributed by atoms with Crippen LogP contribution in [-0.4, -0.2) is 40.4 Å². The summed E-state index contributed by atoms with van der Waals surface area (Å²) >= 11 is 0. The first-order chi connectivity index (χ1) is 14.6. The molecule has 1 fully saturated rings. The average Bonchev–Trinajstić information content (AvgIpc) is 3.09. The van der Waals surface area contributed by atoms with Crippen molar-refractivity contribution < 1.29 is 14.9 Å². The van der Waals surface area contributed by atoms with Crippen LogP contribution in [0.3, 0.4) is 0 Å². The van der Waals surface area contributed by atoms with Crippen LogP contribution in [0.1, 0.15) is 34.9 Å². The highest BCUT2D eigenvalue weighted by Gasteiger charge is 2.71. The van der Waals surface area contributed by atoms with Crippen LogP contribution >= 0.6 is 0 Å². The van der Waals surface area contributed by atoms with Crippen molar-refractivity contribution in [1.82, 2.24) is 10.3 Å². The molecule has 152 valence electrons. The number of hydrogen-bond acceptors (Lipinski definition) is 6. The molecule has 1 spiro atoms. The fourth-order valence-corrected chi connectivity index (χ4v) is 6.83. The number of phenols is 1. The predicted octanol–water partition coefficient (Wildman–Crippen LogP) is 2.56. The van der Waals surface area contributed by atoms with Crippen molar-refractivity contribution in [1.29, 1.82) is 0 Å². The zero-order valence-electron chi connectivity index (χ0n) is 16.7. The lowest BCUT2D eigenvalue weighted by atomic mass is 9.49. The number of pyridine rings is 1. The number of para-hydroxylation sites is 1. The number of phenolic OH excluding ortho intramolecular Hbond substituents is 1. The molecule has 2 unspecified atom stereocenters. The summed E-state index contributed by atoms with van der Waals surface area (Å²) in [5.74, 6) is 0.679. The summed E-state index contributed by atoms with van der Waals surface area (Å²) in [6.45, 7) is 0.809. The molecule has 2 bridgehead atoms. The Bertz CT molecular complexity index is 1260. The molecule has 4 aliphatic rings. The molecule has 0 saturated carbocycles. The lowest BCUT2D eigenvalue weighted by Gasteiger charge is -2.60. The maximum absolute atomic E-state index is 12.4. The summed E-state index contributed by atoms with van der Waals surface area (Å²) in [6, 6.07) is 11.7. The Morgan fingerprint density at radius 2 is 2.10 bits per heavy atom. The lowest BCUT2D eigenvalue weighted by Crippen LogP contribution is -2.74. The lowest BCUT2D eigenvalue weighted by molar-refractivity contribution is -0.134. The van der Waals surface area contributed by atoms with E-state index in [9.17, 15) is 10.2 Å². The van der Waals surface area contributed by atoms with Gasteiger partial charge >= 0.3 is 0 Å². The molecule has 1 saturated heterocycles. The van der Waals surface area contributed by atoms with E-state index >= 15 is 0 Å². The SMILES string of the molecule is CNc1c2c(nc3ccccc13)C1Oc3c(O)ccc4c3[C@@]13CCN[C@@H](C4)C3(O)C2. The van der Waals surface area contributed by atoms with Gasteiger partial charge in [0.25, 0.3) is 0 Å². The Morgan fingerprint density at radius 1 is 1.23 bits per heavy atom. The van der Waals surface area contributed by atoms with E-state index in [1.807, 2.05) is 31.3 Å². The van der Waals surface area contributed by atoms with E-state index in [-0.39, 0.29) is 11.8 Å². The number of aliphatic hydroxyl groups is 1. The number of nitrogens with zero attached hydrogens (tertiary/aromatic N) is 1. The second-order valence-corrected chi connectivity index (χ2v) is 9.10. The Labute approximate surface area is 173 Å². The zero-order chi connectivity index (χ0) is 20.3. The average molecular weight is 401 g/mol. The Hall–Kier alpha value is -2.83. The number of ether oxygens (including phenoxy) is 1. The molecule has 3 heterocycles. The van der Waals surface area contributed by atoms with E-state index in [0.717, 1.165) is 58.4 Å². The summed E-state index contributed by atoms with van der Waals surface area (Å²) in [5.41, 5.74) is 4.36. The first-order valence-electron chi connectivity index (χ1n) is 10.7. The number of rotatable bonds is 1. The highest BCUT2D eigenvalue weighted by molar-refractivity contribution is 5.94. The third-order valence-corrected chi connectivity index (χ3v) is 8.01. The predicted molar refractivity (Wildman–Crippen MR) is 113 cm³/mol. The van der Waals surface area contributed by atoms with Gasteiger partial charge in [-0.1, -0.05) is 24.3 Å². The molecule has 0 amide bonds. The smallest absolute Gasteiger partial charge is 0.166 e. The van der Waals surface area contributed by atoms with Gasteiger partial charge in [-0.2, -0.15) is 0 Å². The number of aromatic nitrogens is 1. The summed E-state index contributed by atoms with van der Waals surface area (Å²) in [4.78, 5) is 5.06. The maximum atomic E-state index is 12.4. The Morgan fingerprint density at radius 3 is 2.97 bits per heavy atom. The van der Waals surface area contributed by atoms with E-state index in [4.69, 9.17) is 9.72 Å². The number of hydrogen-bond donors (Lipinski definition) is 4. The fourth-order valence-electron chi connectivity index (χ4n) is 6.83. The van der Waals surface area contributed by atoms with Crippen molar-refractivity contribution in [3.63, 3.8) is 0 Å². The van der Waals surface area contributed by atoms with Crippen LogP contribution in [0, 0.1) is 0 Å². The first kappa shape index (κ1) is 16.9. The summed E-state index contributed by atoms with van der Waals surface area (Å²) < 4.78 is 6.52. The summed E-state index contributed by atoms with van der Waals surface area (Å²) in [5, 5.41) is 31.0. The third kappa shape index (κ3) is 1.66. The first-order valence-corrected chi connectivity index (χ1v) is 10.7. The van der Waals surface area contributed by atoms with Crippen LogP contribution in [0.5, 0.6) is 11.5 Å². The van der Waals surface area contributed by atoms with E-state index in [0.29, 0.717) is 12.2 Å². The van der Waals surface area contributed by atoms with Gasteiger partial charge in [0.15, 0.2) is 17.6 Å². The summed E-state index contributed by atoms with van der Waals surface area (Å²) in [7, 11) is 1.92. The van der Waals surface area contributed by atoms with Gasteiger partial charge in [0, 0.05) is 41.7 Å². The molecule has 6 nitrogen and oxygen atoms in total. The summed E-state index contributed by atoms with van der Waals surface area (Å²) in [6.07, 6.45) is 1.55. The highest BCUT2D eigenvalue weighted by atomic mass is 16.5. The molecule has 30 heavy (non-hydrogen) atoms. The van der Waals surface area contributed by atoms with Crippen molar-refractivity contribution in [3.8, 4) is 11.5 Å². The highest BCUT2D eigenvalue weighted by Crippen LogP contribution is 2.68. The van der Waals surface area contributed by atoms with Crippen LogP contribution in [0.25, 0.3) is 10.9 Å². The molecule has 4 atom stereocenters. The molecule has 2 aliphatic heterocycles. The van der Waals surface area contributed by atoms with Crippen molar-refractivity contribution in [2.45, 2.75) is 42.4 Å². The van der Waals surface area contributed by atoms with Crippen LogP contribution in [0.2, 0.25) is 0 Å². The molecule has 3 aromatic rings. The molecule has 4 N–H and O–H groups in total. The second kappa shape index (κ2) is 5.25. The molecular weight excluding hydrogens is 378 g/mol. The van der Waals surface area contributed by atoms with Gasteiger partial charge in [0.1, 0.15) is 0 Å². The van der Waals surface area contributed by atoms with Gasteiger partial charge in [-0.15, -0.1) is 0 Å². The van der Waals surface area contributed by atoms with Crippen LogP contribution < -0.4 is 15.4 Å². The van der Waals surface area contributed by atoms with Gasteiger partial charge in [-0.3, -0.25) is 0 Å². The van der Waals surface area contributed by atoms with Gasteiger partial charge < -0.3 is 25.6 Å². The van der Waals surface area contributed by atoms with Crippen molar-refractivity contribution in [2.24, 2.45) is 0 Å². The van der Waals surface area contributed by atoms with Crippen LogP contribution in [0.15, 0.2) is 36.4 Å². The van der Waals surface area contributed by atoms with Crippen LogP contribution in [-0.2, 0) is 18.3 Å². The second-order valence-electron chi connectivity index (χ2n) is 9.10. The standard InChI is InChI=1S/C24H23N3O3/c1-25-19-13-4-2-3-5-15(13)27-20-14(19)11-24(29)17-10-12-6-7-16(28)21-18(12)23(24,8-9-26-17)22(20)30-21/h2-7,17,22,26,28-29H,8-11H2,1H3,(H,25,27)/t17-,22?,23-,24?/m0/s1. The maximum Gasteiger partial charge on any atom is 0.166 e. The molecule has 0 radical (unpaired) electrons. The minimum atomic E-state index is -1.01. The largest absolute Gasteiger partial charge is 0.504 e. The van der Waals surface area contributed by atoms with E-state index < -0.39 is 17.1 Å². The van der Waals surface area contributed by atoms with Crippen molar-refractivity contribution in [2.75, 3.05) is 18.9 Å². The number of aromatic hydroxyl groups is 1. The number of nitrogens with one attached hydrogen (secondary N) is 2. The van der Waals surface area contributed by atoms with Gasteiger partial charge in [-0.25, -0.2) is 4.98 Å². The topological polar surface area (TPSA) is 86.6 Å². The molecule has 7 rings (SSSR count). The molecule has 2 aromatic carbocycles. The molecule has 6 heteroatoms. The monoisotopic (exact) mass is 401 g/mol. The molecular formula is C24H23N3O3. The fraction of sp³-hybridized carbons (Fsp3) is 0.375. The number of fused-ring (bicyclic) bond motifs is 3. The van der Waals surface area contributed by atoms with Crippen LogP contribution in [0.4, 0.5) is 5.69 Å². The molecule has 2 aliphatic carbocycles. The van der Waals surface area contributed by atoms with E-state index in [1.54, 1.807) is 6.07 Å². The van der Waals surface area contributed by atoms with Gasteiger partial charge in [0.05, 0.1) is 22.2 Å². The molecule has 1 aromatic heterocycles. The quantitative estimate of drug-likeness (QED) is 0.501. The van der Waals surface area contributed by atoms with Crippen molar-refractivity contribution >= 4 is 16.6 Å². The minimum absolute atomic E-state index is 0.0651. The van der Waals surface area contributed by atoms with E-state index in [1.165, 1.54) is 0 Å². The van der Waals surface area contributed by atoms with Crippen molar-refractivity contribution in [3.05, 3.63) is 58.8 Å². The van der Waals surface area contributed by atoms with E-state index in [2.05, 4.69) is 16.7 Å². The van der Waals surface area contributed by atoms with Gasteiger partial charge in [-0.05, 0) is 37.1 Å². The van der Waals surface area contributed by atoms with Gasteiger partial charge in [0.2, 0.25) is 0 Å². The minimum Gasteiger partial charge on any atom is -0.504 e. The Kier molecular flexibility index (Phi) is 2.96. The normalized spacial score (nSPS) is 32.3. The Balaban J connectivity index is 1.61. The zero-order valence-corrected chi connectivity index (χ0v) is 16.7. The third-order valence-electron chi connectivity index (χ3n) is 8.01.